The molecule has 120 valence electrons. The van der Waals surface area contributed by atoms with Gasteiger partial charge in [-0.15, -0.1) is 0 Å². The third kappa shape index (κ3) is 6.65. The van der Waals surface area contributed by atoms with Gasteiger partial charge in [-0.3, -0.25) is 0 Å². The Hall–Kier alpha value is -0.820. The maximum atomic E-state index is 12.7. The molecule has 0 fully saturated rings. The number of pyridine rings is 1. The molecule has 1 aromatic heterocycles. The van der Waals surface area contributed by atoms with E-state index in [-0.39, 0.29) is 6.04 Å². The van der Waals surface area contributed by atoms with Gasteiger partial charge in [0.2, 0.25) is 0 Å². The van der Waals surface area contributed by atoms with Crippen LogP contribution in [0.2, 0.25) is 0 Å². The molecule has 1 N–H and O–H groups in total. The Kier molecular flexibility index (Phi) is 6.93. The minimum absolute atomic E-state index is 0.249. The van der Waals surface area contributed by atoms with Gasteiger partial charge in [0.1, 0.15) is 12.4 Å². The van der Waals surface area contributed by atoms with Crippen LogP contribution in [0.4, 0.5) is 19.0 Å². The van der Waals surface area contributed by atoms with Crippen molar-refractivity contribution in [1.29, 1.82) is 0 Å². The normalized spacial score (nSPS) is 12.0. The first-order valence-corrected chi connectivity index (χ1v) is 7.71. The molecule has 0 aromatic carbocycles. The third-order valence-electron chi connectivity index (χ3n) is 2.77. The van der Waals surface area contributed by atoms with Crippen LogP contribution in [0.15, 0.2) is 16.7 Å². The summed E-state index contributed by atoms with van der Waals surface area (Å²) in [6.45, 7) is 5.66. The zero-order chi connectivity index (χ0) is 16.0. The zero-order valence-electron chi connectivity index (χ0n) is 12.5. The third-order valence-corrected chi connectivity index (χ3v) is 3.21. The quantitative estimate of drug-likeness (QED) is 0.785. The summed E-state index contributed by atoms with van der Waals surface area (Å²) in [7, 11) is 0. The first-order chi connectivity index (χ1) is 9.73. The molecule has 7 heteroatoms. The van der Waals surface area contributed by atoms with Gasteiger partial charge >= 0.3 is 6.18 Å². The largest absolute Gasteiger partial charge is 0.405 e. The first-order valence-electron chi connectivity index (χ1n) is 6.92. The number of hydrogen-bond acceptors (Lipinski definition) is 3. The summed E-state index contributed by atoms with van der Waals surface area (Å²) < 4.78 is 39.0. The van der Waals surface area contributed by atoms with E-state index < -0.39 is 12.7 Å². The Bertz CT molecular complexity index is 450. The molecule has 0 atom stereocenters. The molecule has 0 aliphatic rings. The Morgan fingerprint density at radius 1 is 1.38 bits per heavy atom. The van der Waals surface area contributed by atoms with Crippen LogP contribution in [0.25, 0.3) is 0 Å². The highest BCUT2D eigenvalue weighted by Gasteiger charge is 2.31. The Labute approximate surface area is 132 Å². The maximum Gasteiger partial charge on any atom is 0.405 e. The summed E-state index contributed by atoms with van der Waals surface area (Å²) >= 11 is 3.32. The Morgan fingerprint density at radius 2 is 2.05 bits per heavy atom. The zero-order valence-corrected chi connectivity index (χ0v) is 14.1. The highest BCUT2D eigenvalue weighted by atomic mass is 79.9. The van der Waals surface area contributed by atoms with Gasteiger partial charge in [0, 0.05) is 35.4 Å². The van der Waals surface area contributed by atoms with Crippen molar-refractivity contribution < 1.29 is 13.2 Å². The van der Waals surface area contributed by atoms with Crippen LogP contribution < -0.4 is 10.2 Å². The van der Waals surface area contributed by atoms with Crippen molar-refractivity contribution in [2.75, 3.05) is 18.0 Å². The standard InChI is InChI=1S/C14H21BrF3N3/c1-4-5-21(9-14(16,17)18)13-11(7-19-10(2)3)6-12(15)8-20-13/h6,8,10,19H,4-5,7,9H2,1-3H3. The average molecular weight is 368 g/mol. The number of nitrogens with one attached hydrogen (secondary N) is 1. The monoisotopic (exact) mass is 367 g/mol. The predicted octanol–water partition coefficient (Wildman–Crippen LogP) is 4.12. The van der Waals surface area contributed by atoms with Crippen molar-refractivity contribution >= 4 is 21.7 Å². The molecule has 0 radical (unpaired) electrons. The lowest BCUT2D eigenvalue weighted by molar-refractivity contribution is -0.119. The van der Waals surface area contributed by atoms with Gasteiger partial charge in [-0.2, -0.15) is 13.2 Å². The van der Waals surface area contributed by atoms with Crippen molar-refractivity contribution in [2.45, 2.75) is 46.0 Å². The summed E-state index contributed by atoms with van der Waals surface area (Å²) in [5.41, 5.74) is 0.760. The molecule has 3 nitrogen and oxygen atoms in total. The predicted molar refractivity (Wildman–Crippen MR) is 82.5 cm³/mol. The first kappa shape index (κ1) is 18.2. The molecule has 1 aromatic rings. The molecule has 0 unspecified atom stereocenters. The average Bonchev–Trinajstić information content (AvgIpc) is 2.34. The Balaban J connectivity index is 3.05. The van der Waals surface area contributed by atoms with Crippen LogP contribution in [-0.2, 0) is 6.54 Å². The number of aromatic nitrogens is 1. The highest BCUT2D eigenvalue weighted by Crippen LogP contribution is 2.26. The molecular formula is C14H21BrF3N3. The smallest absolute Gasteiger partial charge is 0.347 e. The van der Waals surface area contributed by atoms with Gasteiger partial charge < -0.3 is 10.2 Å². The molecule has 1 heterocycles. The second-order valence-electron chi connectivity index (χ2n) is 5.21. The minimum Gasteiger partial charge on any atom is -0.347 e. The van der Waals surface area contributed by atoms with E-state index in [0.717, 1.165) is 10.0 Å². The molecule has 0 saturated carbocycles. The fraction of sp³-hybridized carbons (Fsp3) is 0.643. The van der Waals surface area contributed by atoms with Crippen LogP contribution in [0.5, 0.6) is 0 Å². The van der Waals surface area contributed by atoms with Gasteiger partial charge in [-0.1, -0.05) is 20.8 Å². The van der Waals surface area contributed by atoms with E-state index in [2.05, 4.69) is 26.2 Å². The molecule has 0 aliphatic heterocycles. The van der Waals surface area contributed by atoms with Crippen LogP contribution in [0, 0.1) is 0 Å². The van der Waals surface area contributed by atoms with E-state index >= 15 is 0 Å². The SMILES string of the molecule is CCCN(CC(F)(F)F)c1ncc(Br)cc1CNC(C)C. The van der Waals surface area contributed by atoms with Gasteiger partial charge in [0.05, 0.1) is 0 Å². The number of alkyl halides is 3. The van der Waals surface area contributed by atoms with Crippen molar-refractivity contribution in [1.82, 2.24) is 10.3 Å². The van der Waals surface area contributed by atoms with Crippen molar-refractivity contribution in [3.05, 3.63) is 22.3 Å². The van der Waals surface area contributed by atoms with E-state index in [4.69, 9.17) is 0 Å². The lowest BCUT2D eigenvalue weighted by Gasteiger charge is -2.27. The molecular weight excluding hydrogens is 347 g/mol. The van der Waals surface area contributed by atoms with E-state index in [0.29, 0.717) is 25.3 Å². The van der Waals surface area contributed by atoms with Crippen molar-refractivity contribution in [3.63, 3.8) is 0 Å². The fourth-order valence-corrected chi connectivity index (χ4v) is 2.33. The number of rotatable bonds is 7. The van der Waals surface area contributed by atoms with Crippen molar-refractivity contribution in [3.8, 4) is 0 Å². The molecule has 0 spiro atoms. The van der Waals surface area contributed by atoms with Crippen LogP contribution in [0.1, 0.15) is 32.8 Å². The van der Waals surface area contributed by atoms with E-state index in [9.17, 15) is 13.2 Å². The topological polar surface area (TPSA) is 28.2 Å². The molecule has 0 aliphatic carbocycles. The fourth-order valence-electron chi connectivity index (χ4n) is 1.95. The van der Waals surface area contributed by atoms with Gasteiger partial charge in [0.25, 0.3) is 0 Å². The maximum absolute atomic E-state index is 12.7. The lowest BCUT2D eigenvalue weighted by Crippen LogP contribution is -2.36. The summed E-state index contributed by atoms with van der Waals surface area (Å²) in [6.07, 6.45) is -2.08. The summed E-state index contributed by atoms with van der Waals surface area (Å²) in [6, 6.07) is 2.07. The van der Waals surface area contributed by atoms with E-state index in [1.54, 1.807) is 0 Å². The molecule has 21 heavy (non-hydrogen) atoms. The molecule has 1 rings (SSSR count). The van der Waals surface area contributed by atoms with Crippen LogP contribution >= 0.6 is 15.9 Å². The Morgan fingerprint density at radius 3 is 2.57 bits per heavy atom. The molecule has 0 bridgehead atoms. The minimum atomic E-state index is -4.24. The van der Waals surface area contributed by atoms with Gasteiger partial charge in [-0.05, 0) is 28.4 Å². The van der Waals surface area contributed by atoms with Crippen molar-refractivity contribution in [2.24, 2.45) is 0 Å². The second-order valence-corrected chi connectivity index (χ2v) is 6.12. The van der Waals surface area contributed by atoms with Crippen LogP contribution in [-0.4, -0.2) is 30.3 Å². The number of anilines is 1. The summed E-state index contributed by atoms with van der Waals surface area (Å²) in [4.78, 5) is 5.49. The molecule has 0 amide bonds. The number of halogens is 4. The van der Waals surface area contributed by atoms with E-state index in [1.807, 2.05) is 26.8 Å². The molecule has 0 saturated heterocycles. The lowest BCUT2D eigenvalue weighted by atomic mass is 10.2. The number of hydrogen-bond donors (Lipinski definition) is 1. The summed E-state index contributed by atoms with van der Waals surface area (Å²) in [5, 5.41) is 3.22. The van der Waals surface area contributed by atoms with Gasteiger partial charge in [0.15, 0.2) is 0 Å². The summed E-state index contributed by atoms with van der Waals surface area (Å²) in [5.74, 6) is 0.394. The highest BCUT2D eigenvalue weighted by molar-refractivity contribution is 9.10. The van der Waals surface area contributed by atoms with Crippen LogP contribution in [0.3, 0.4) is 0 Å². The van der Waals surface area contributed by atoms with E-state index in [1.165, 1.54) is 11.1 Å². The number of nitrogens with zero attached hydrogens (tertiary/aromatic N) is 2. The second kappa shape index (κ2) is 7.98. The van der Waals surface area contributed by atoms with Gasteiger partial charge in [-0.25, -0.2) is 4.98 Å².